The molecule has 1 heterocycles. The van der Waals surface area contributed by atoms with Crippen molar-refractivity contribution in [3.8, 4) is 0 Å². The highest BCUT2D eigenvalue weighted by Gasteiger charge is 2.07. The van der Waals surface area contributed by atoms with Gasteiger partial charge in [0.05, 0.1) is 18.5 Å². The second kappa shape index (κ2) is 5.84. The first-order valence-electron chi connectivity index (χ1n) is 4.69. The Bertz CT molecular complexity index is 360. The fourth-order valence-corrected chi connectivity index (χ4v) is 2.04. The number of rotatable bonds is 7. The molecule has 0 radical (unpaired) electrons. The third-order valence-electron chi connectivity index (χ3n) is 1.69. The van der Waals surface area contributed by atoms with Gasteiger partial charge in [-0.05, 0) is 0 Å². The van der Waals surface area contributed by atoms with Gasteiger partial charge in [0, 0.05) is 13.1 Å². The fourth-order valence-electron chi connectivity index (χ4n) is 1.04. The Morgan fingerprint density at radius 3 is 2.93 bits per heavy atom. The smallest absolute Gasteiger partial charge is 0.212 e. The van der Waals surface area contributed by atoms with Crippen LogP contribution in [-0.4, -0.2) is 32.2 Å². The average molecular weight is 233 g/mol. The van der Waals surface area contributed by atoms with E-state index in [2.05, 4.69) is 15.0 Å². The maximum Gasteiger partial charge on any atom is 0.212 e. The Labute approximate surface area is 89.1 Å². The minimum Gasteiger partial charge on any atom is -0.447 e. The molecule has 86 valence electrons. The summed E-state index contributed by atoms with van der Waals surface area (Å²) in [6.45, 7) is 3.04. The van der Waals surface area contributed by atoms with E-state index in [4.69, 9.17) is 4.42 Å². The van der Waals surface area contributed by atoms with E-state index in [9.17, 15) is 8.42 Å². The highest BCUT2D eigenvalue weighted by atomic mass is 32.2. The van der Waals surface area contributed by atoms with Crippen LogP contribution in [0.3, 0.4) is 0 Å². The topological polar surface area (TPSA) is 84.2 Å². The molecule has 2 N–H and O–H groups in total. The zero-order chi connectivity index (χ0) is 11.1. The summed E-state index contributed by atoms with van der Waals surface area (Å²) in [6, 6.07) is 0. The van der Waals surface area contributed by atoms with Crippen molar-refractivity contribution in [1.29, 1.82) is 0 Å². The van der Waals surface area contributed by atoms with Gasteiger partial charge in [0.25, 0.3) is 0 Å². The molecule has 1 rings (SSSR count). The van der Waals surface area contributed by atoms with E-state index in [0.717, 1.165) is 0 Å². The Kier molecular flexibility index (Phi) is 4.73. The summed E-state index contributed by atoms with van der Waals surface area (Å²) in [5, 5.41) is 2.95. The van der Waals surface area contributed by atoms with Gasteiger partial charge < -0.3 is 9.73 Å². The van der Waals surface area contributed by atoms with Gasteiger partial charge in [-0.25, -0.2) is 18.1 Å². The fraction of sp³-hybridized carbons (Fsp3) is 0.625. The van der Waals surface area contributed by atoms with Crippen molar-refractivity contribution in [2.24, 2.45) is 0 Å². The zero-order valence-electron chi connectivity index (χ0n) is 8.56. The van der Waals surface area contributed by atoms with Crippen LogP contribution in [0.4, 0.5) is 0 Å². The highest BCUT2D eigenvalue weighted by Crippen LogP contribution is 1.94. The normalized spacial score (nSPS) is 11.8. The van der Waals surface area contributed by atoms with Crippen LogP contribution in [-0.2, 0) is 16.6 Å². The van der Waals surface area contributed by atoms with E-state index in [0.29, 0.717) is 25.4 Å². The van der Waals surface area contributed by atoms with Gasteiger partial charge in [0.2, 0.25) is 10.0 Å². The van der Waals surface area contributed by atoms with Gasteiger partial charge in [-0.1, -0.05) is 6.92 Å². The molecule has 0 aliphatic heterocycles. The predicted molar refractivity (Wildman–Crippen MR) is 55.7 cm³/mol. The molecule has 0 saturated heterocycles. The lowest BCUT2D eigenvalue weighted by Crippen LogP contribution is -2.31. The summed E-state index contributed by atoms with van der Waals surface area (Å²) >= 11 is 0. The van der Waals surface area contributed by atoms with Crippen molar-refractivity contribution in [1.82, 2.24) is 15.0 Å². The Balaban J connectivity index is 2.17. The molecule has 0 unspecified atom stereocenters. The van der Waals surface area contributed by atoms with Crippen molar-refractivity contribution in [3.63, 3.8) is 0 Å². The molecule has 0 bridgehead atoms. The van der Waals surface area contributed by atoms with Gasteiger partial charge in [0.1, 0.15) is 5.76 Å². The molecule has 6 nitrogen and oxygen atoms in total. The number of oxazole rings is 1. The second-order valence-electron chi connectivity index (χ2n) is 2.96. The van der Waals surface area contributed by atoms with Crippen molar-refractivity contribution in [3.05, 3.63) is 18.4 Å². The molecule has 0 saturated carbocycles. The summed E-state index contributed by atoms with van der Waals surface area (Å²) in [5.41, 5.74) is 0. The van der Waals surface area contributed by atoms with E-state index in [1.165, 1.54) is 6.39 Å². The van der Waals surface area contributed by atoms with Crippen LogP contribution >= 0.6 is 0 Å². The summed E-state index contributed by atoms with van der Waals surface area (Å²) < 4.78 is 29.8. The molecule has 0 aromatic carbocycles. The number of sulfonamides is 1. The van der Waals surface area contributed by atoms with Gasteiger partial charge in [0.15, 0.2) is 6.39 Å². The predicted octanol–water partition coefficient (Wildman–Crippen LogP) is -0.296. The maximum atomic E-state index is 11.2. The lowest BCUT2D eigenvalue weighted by atomic mass is 10.5. The zero-order valence-corrected chi connectivity index (χ0v) is 9.38. The third kappa shape index (κ3) is 4.91. The lowest BCUT2D eigenvalue weighted by Gasteiger charge is -2.04. The molecule has 0 spiro atoms. The molecule has 1 aromatic heterocycles. The molecule has 0 fully saturated rings. The first-order valence-corrected chi connectivity index (χ1v) is 6.34. The van der Waals surface area contributed by atoms with E-state index in [1.807, 2.05) is 0 Å². The van der Waals surface area contributed by atoms with E-state index < -0.39 is 10.0 Å². The molecular formula is C8H15N3O3S. The van der Waals surface area contributed by atoms with Crippen LogP contribution in [0.25, 0.3) is 0 Å². The Morgan fingerprint density at radius 1 is 1.53 bits per heavy atom. The van der Waals surface area contributed by atoms with E-state index in [-0.39, 0.29) is 5.75 Å². The summed E-state index contributed by atoms with van der Waals surface area (Å²) in [6.07, 6.45) is 2.93. The third-order valence-corrected chi connectivity index (χ3v) is 3.16. The van der Waals surface area contributed by atoms with Crippen molar-refractivity contribution < 1.29 is 12.8 Å². The Morgan fingerprint density at radius 2 is 2.33 bits per heavy atom. The maximum absolute atomic E-state index is 11.2. The lowest BCUT2D eigenvalue weighted by molar-refractivity contribution is 0.482. The van der Waals surface area contributed by atoms with Gasteiger partial charge in [-0.2, -0.15) is 0 Å². The molecule has 15 heavy (non-hydrogen) atoms. The van der Waals surface area contributed by atoms with Crippen LogP contribution in [0.1, 0.15) is 12.7 Å². The van der Waals surface area contributed by atoms with E-state index >= 15 is 0 Å². The average Bonchev–Trinajstić information content (AvgIpc) is 2.65. The molecule has 0 atom stereocenters. The number of hydrogen-bond donors (Lipinski definition) is 2. The summed E-state index contributed by atoms with van der Waals surface area (Å²) in [5.74, 6) is 0.755. The standard InChI is InChI=1S/C8H15N3O3S/c1-2-11-15(12,13)4-3-9-5-8-6-10-7-14-8/h6-7,9,11H,2-5H2,1H3. The quantitative estimate of drug-likeness (QED) is 0.632. The molecule has 0 amide bonds. The van der Waals surface area contributed by atoms with Crippen LogP contribution in [0.5, 0.6) is 0 Å². The monoisotopic (exact) mass is 233 g/mol. The van der Waals surface area contributed by atoms with Crippen molar-refractivity contribution in [2.75, 3.05) is 18.8 Å². The number of nitrogens with one attached hydrogen (secondary N) is 2. The summed E-state index contributed by atoms with van der Waals surface area (Å²) in [7, 11) is -3.13. The molecule has 0 aliphatic rings. The van der Waals surface area contributed by atoms with Crippen LogP contribution in [0.2, 0.25) is 0 Å². The second-order valence-corrected chi connectivity index (χ2v) is 4.89. The van der Waals surface area contributed by atoms with Crippen molar-refractivity contribution in [2.45, 2.75) is 13.5 Å². The first kappa shape index (κ1) is 12.2. The molecule has 1 aromatic rings. The van der Waals surface area contributed by atoms with E-state index in [1.54, 1.807) is 13.1 Å². The number of nitrogens with zero attached hydrogens (tertiary/aromatic N) is 1. The number of hydrogen-bond acceptors (Lipinski definition) is 5. The largest absolute Gasteiger partial charge is 0.447 e. The molecule has 7 heteroatoms. The molecular weight excluding hydrogens is 218 g/mol. The van der Waals surface area contributed by atoms with Crippen LogP contribution < -0.4 is 10.0 Å². The minimum absolute atomic E-state index is 0.0645. The number of aromatic nitrogens is 1. The minimum atomic E-state index is -3.13. The van der Waals surface area contributed by atoms with Gasteiger partial charge in [-0.3, -0.25) is 0 Å². The summed E-state index contributed by atoms with van der Waals surface area (Å²) in [4.78, 5) is 3.74. The van der Waals surface area contributed by atoms with Crippen LogP contribution in [0.15, 0.2) is 17.0 Å². The van der Waals surface area contributed by atoms with Crippen LogP contribution in [0, 0.1) is 0 Å². The molecule has 0 aliphatic carbocycles. The first-order chi connectivity index (χ1) is 7.14. The van der Waals surface area contributed by atoms with Gasteiger partial charge >= 0.3 is 0 Å². The SMILES string of the molecule is CCNS(=O)(=O)CCNCc1cnco1. The van der Waals surface area contributed by atoms with Gasteiger partial charge in [-0.15, -0.1) is 0 Å². The highest BCUT2D eigenvalue weighted by molar-refractivity contribution is 7.89. The Hall–Kier alpha value is -0.920. The van der Waals surface area contributed by atoms with Crippen molar-refractivity contribution >= 4 is 10.0 Å².